The Morgan fingerprint density at radius 1 is 1.26 bits per heavy atom. The Hall–Kier alpha value is -1.10. The number of unbranched alkanes of at least 4 members (excludes halogenated alkanes) is 2. The smallest absolute Gasteiger partial charge is 0.246 e. The van der Waals surface area contributed by atoms with Gasteiger partial charge >= 0.3 is 0 Å². The van der Waals surface area contributed by atoms with Gasteiger partial charge in [-0.25, -0.2) is 0 Å². The first-order chi connectivity index (χ1) is 9.15. The van der Waals surface area contributed by atoms with Crippen molar-refractivity contribution < 1.29 is 14.3 Å². The first-order valence-corrected chi connectivity index (χ1v) is 7.25. The minimum atomic E-state index is -0.329. The summed E-state index contributed by atoms with van der Waals surface area (Å²) in [6.45, 7) is 3.25. The number of hydrogen-bond acceptors (Lipinski definition) is 3. The fourth-order valence-corrected chi connectivity index (χ4v) is 2.60. The zero-order chi connectivity index (χ0) is 13.8. The number of hydrogen-bond donors (Lipinski definition) is 1. The van der Waals surface area contributed by atoms with Gasteiger partial charge in [-0.05, 0) is 44.9 Å². The zero-order valence-electron chi connectivity index (χ0n) is 11.9. The second kappa shape index (κ2) is 6.37. The Morgan fingerprint density at radius 3 is 2.63 bits per heavy atom. The highest BCUT2D eigenvalue weighted by atomic mass is 16.5. The Kier molecular flexibility index (Phi) is 4.80. The van der Waals surface area contributed by atoms with E-state index in [0.717, 1.165) is 38.7 Å². The quantitative estimate of drug-likeness (QED) is 0.699. The minimum absolute atomic E-state index is 0.00612. The van der Waals surface area contributed by atoms with Gasteiger partial charge in [-0.2, -0.15) is 0 Å². The molecule has 1 aliphatic carbocycles. The fraction of sp³-hybridized carbons (Fsp3) is 0.857. The van der Waals surface area contributed by atoms with Crippen molar-refractivity contribution in [3.05, 3.63) is 0 Å². The van der Waals surface area contributed by atoms with Crippen LogP contribution < -0.4 is 5.32 Å². The standard InChI is InChI=1S/C14H24N2O3/c1-10-13(17)15-12(11-6-7-11)14(18)16(10)8-4-3-5-9-19-2/h10-12H,3-9H2,1-2H3,(H,15,17). The molecule has 5 heteroatoms. The molecule has 2 unspecified atom stereocenters. The number of carbonyl (C=O) groups excluding carboxylic acids is 2. The predicted molar refractivity (Wildman–Crippen MR) is 71.6 cm³/mol. The van der Waals surface area contributed by atoms with E-state index < -0.39 is 0 Å². The molecule has 2 amide bonds. The summed E-state index contributed by atoms with van der Waals surface area (Å²) in [6, 6.07) is -0.590. The summed E-state index contributed by atoms with van der Waals surface area (Å²) < 4.78 is 5.01. The maximum absolute atomic E-state index is 12.4. The van der Waals surface area contributed by atoms with Gasteiger partial charge in [0.1, 0.15) is 12.1 Å². The van der Waals surface area contributed by atoms with E-state index in [0.29, 0.717) is 12.5 Å². The van der Waals surface area contributed by atoms with Crippen LogP contribution >= 0.6 is 0 Å². The van der Waals surface area contributed by atoms with Crippen LogP contribution in [0.2, 0.25) is 0 Å². The summed E-state index contributed by atoms with van der Waals surface area (Å²) in [5, 5.41) is 2.87. The second-order valence-corrected chi connectivity index (χ2v) is 5.58. The molecule has 0 aromatic rings. The molecule has 19 heavy (non-hydrogen) atoms. The molecule has 1 heterocycles. The summed E-state index contributed by atoms with van der Waals surface area (Å²) in [7, 11) is 1.70. The first kappa shape index (κ1) is 14.3. The second-order valence-electron chi connectivity index (χ2n) is 5.58. The van der Waals surface area contributed by atoms with E-state index in [1.165, 1.54) is 0 Å². The van der Waals surface area contributed by atoms with Crippen molar-refractivity contribution in [3.63, 3.8) is 0 Å². The van der Waals surface area contributed by atoms with Gasteiger partial charge in [-0.15, -0.1) is 0 Å². The van der Waals surface area contributed by atoms with Gasteiger partial charge in [0.25, 0.3) is 0 Å². The molecule has 0 radical (unpaired) electrons. The lowest BCUT2D eigenvalue weighted by Crippen LogP contribution is -2.63. The molecule has 1 saturated heterocycles. The molecule has 2 aliphatic rings. The molecule has 5 nitrogen and oxygen atoms in total. The molecular formula is C14H24N2O3. The van der Waals surface area contributed by atoms with Crippen molar-refractivity contribution in [1.29, 1.82) is 0 Å². The Labute approximate surface area is 114 Å². The Morgan fingerprint density at radius 2 is 2.00 bits per heavy atom. The lowest BCUT2D eigenvalue weighted by molar-refractivity contribution is -0.149. The van der Waals surface area contributed by atoms with Crippen molar-refractivity contribution >= 4 is 11.8 Å². The van der Waals surface area contributed by atoms with E-state index in [1.54, 1.807) is 12.0 Å². The van der Waals surface area contributed by atoms with E-state index in [9.17, 15) is 9.59 Å². The average Bonchev–Trinajstić information content (AvgIpc) is 3.21. The van der Waals surface area contributed by atoms with Crippen LogP contribution in [0.5, 0.6) is 0 Å². The number of methoxy groups -OCH3 is 1. The van der Waals surface area contributed by atoms with Gasteiger partial charge in [0.15, 0.2) is 0 Å². The van der Waals surface area contributed by atoms with Gasteiger partial charge in [-0.1, -0.05) is 0 Å². The van der Waals surface area contributed by atoms with Gasteiger partial charge in [0.05, 0.1) is 0 Å². The lowest BCUT2D eigenvalue weighted by Gasteiger charge is -2.37. The van der Waals surface area contributed by atoms with Crippen LogP contribution in [0.4, 0.5) is 0 Å². The van der Waals surface area contributed by atoms with Gasteiger partial charge < -0.3 is 15.0 Å². The van der Waals surface area contributed by atoms with Crippen molar-refractivity contribution in [2.75, 3.05) is 20.3 Å². The molecular weight excluding hydrogens is 244 g/mol. The Balaban J connectivity index is 1.84. The highest BCUT2D eigenvalue weighted by Gasteiger charge is 2.45. The normalized spacial score (nSPS) is 27.6. The van der Waals surface area contributed by atoms with E-state index in [-0.39, 0.29) is 23.9 Å². The van der Waals surface area contributed by atoms with Crippen LogP contribution in [0.25, 0.3) is 0 Å². The van der Waals surface area contributed by atoms with Crippen molar-refractivity contribution in [3.8, 4) is 0 Å². The van der Waals surface area contributed by atoms with E-state index in [2.05, 4.69) is 5.32 Å². The molecule has 108 valence electrons. The lowest BCUT2D eigenvalue weighted by atomic mass is 10.0. The number of rotatable bonds is 7. The fourth-order valence-electron chi connectivity index (χ4n) is 2.60. The molecule has 0 aromatic heterocycles. The number of piperazine rings is 1. The zero-order valence-corrected chi connectivity index (χ0v) is 11.9. The van der Waals surface area contributed by atoms with Crippen LogP contribution in [0, 0.1) is 5.92 Å². The van der Waals surface area contributed by atoms with Crippen LogP contribution in [0.1, 0.15) is 39.0 Å². The van der Waals surface area contributed by atoms with E-state index >= 15 is 0 Å². The molecule has 0 bridgehead atoms. The van der Waals surface area contributed by atoms with Crippen LogP contribution in [-0.2, 0) is 14.3 Å². The summed E-state index contributed by atoms with van der Waals surface area (Å²) in [6.07, 6.45) is 5.09. The third-order valence-corrected chi connectivity index (χ3v) is 4.03. The molecule has 2 rings (SSSR count). The number of nitrogens with one attached hydrogen (secondary N) is 1. The topological polar surface area (TPSA) is 58.6 Å². The average molecular weight is 268 g/mol. The Bertz CT molecular complexity index is 342. The van der Waals surface area contributed by atoms with Crippen molar-refractivity contribution in [1.82, 2.24) is 10.2 Å². The molecule has 2 fully saturated rings. The van der Waals surface area contributed by atoms with Gasteiger partial charge in [0, 0.05) is 20.3 Å². The number of nitrogens with zero attached hydrogens (tertiary/aromatic N) is 1. The SMILES string of the molecule is COCCCCCN1C(=O)C(C2CC2)NC(=O)C1C. The first-order valence-electron chi connectivity index (χ1n) is 7.25. The summed E-state index contributed by atoms with van der Waals surface area (Å²) >= 11 is 0. The number of carbonyl (C=O) groups is 2. The van der Waals surface area contributed by atoms with Crippen LogP contribution in [0.15, 0.2) is 0 Å². The van der Waals surface area contributed by atoms with Crippen molar-refractivity contribution in [2.45, 2.75) is 51.1 Å². The number of ether oxygens (including phenoxy) is 1. The maximum Gasteiger partial charge on any atom is 0.246 e. The highest BCUT2D eigenvalue weighted by Crippen LogP contribution is 2.35. The van der Waals surface area contributed by atoms with E-state index in [1.807, 2.05) is 6.92 Å². The van der Waals surface area contributed by atoms with Gasteiger partial charge in [-0.3, -0.25) is 9.59 Å². The summed E-state index contributed by atoms with van der Waals surface area (Å²) in [5.74, 6) is 0.481. The summed E-state index contributed by atoms with van der Waals surface area (Å²) in [5.41, 5.74) is 0. The molecule has 0 spiro atoms. The number of amides is 2. The largest absolute Gasteiger partial charge is 0.385 e. The maximum atomic E-state index is 12.4. The highest BCUT2D eigenvalue weighted by molar-refractivity contribution is 5.97. The monoisotopic (exact) mass is 268 g/mol. The van der Waals surface area contributed by atoms with Crippen LogP contribution in [0.3, 0.4) is 0 Å². The third kappa shape index (κ3) is 3.47. The molecule has 2 atom stereocenters. The van der Waals surface area contributed by atoms with Crippen molar-refractivity contribution in [2.24, 2.45) is 5.92 Å². The third-order valence-electron chi connectivity index (χ3n) is 4.03. The van der Waals surface area contributed by atoms with Gasteiger partial charge in [0.2, 0.25) is 11.8 Å². The minimum Gasteiger partial charge on any atom is -0.385 e. The summed E-state index contributed by atoms with van der Waals surface area (Å²) in [4.78, 5) is 26.0. The molecule has 1 saturated carbocycles. The van der Waals surface area contributed by atoms with E-state index in [4.69, 9.17) is 4.74 Å². The molecule has 1 aliphatic heterocycles. The molecule has 1 N–H and O–H groups in total. The predicted octanol–water partition coefficient (Wildman–Crippen LogP) is 0.929. The molecule has 0 aromatic carbocycles. The van der Waals surface area contributed by atoms with Crippen LogP contribution in [-0.4, -0.2) is 49.1 Å².